The van der Waals surface area contributed by atoms with Crippen LogP contribution in [0.4, 0.5) is 0 Å². The van der Waals surface area contributed by atoms with Crippen molar-refractivity contribution in [2.45, 2.75) is 33.1 Å². The zero-order chi connectivity index (χ0) is 9.31. The molecule has 0 radical (unpaired) electrons. The van der Waals surface area contributed by atoms with Crippen molar-refractivity contribution >= 4 is 5.71 Å². The largest absolute Gasteiger partial charge is 0.208 e. The van der Waals surface area contributed by atoms with Crippen LogP contribution in [0.15, 0.2) is 17.8 Å². The predicted molar refractivity (Wildman–Crippen MR) is 50.5 cm³/mol. The molecule has 4 heteroatoms. The molecule has 0 aromatic carbocycles. The first-order valence-corrected chi connectivity index (χ1v) is 4.61. The van der Waals surface area contributed by atoms with Gasteiger partial charge in [0.2, 0.25) is 0 Å². The monoisotopic (exact) mass is 178 g/mol. The Labute approximate surface area is 77.7 Å². The average molecular weight is 178 g/mol. The van der Waals surface area contributed by atoms with Crippen LogP contribution in [-0.4, -0.2) is 20.6 Å². The summed E-state index contributed by atoms with van der Waals surface area (Å²) in [4.78, 5) is 0. The number of nitrogens with zero attached hydrogens (tertiary/aromatic N) is 4. The van der Waals surface area contributed by atoms with Gasteiger partial charge in [0, 0.05) is 11.1 Å². The van der Waals surface area contributed by atoms with E-state index in [0.717, 1.165) is 6.42 Å². The molecule has 1 aromatic rings. The van der Waals surface area contributed by atoms with Gasteiger partial charge in [0.1, 0.15) is 12.7 Å². The molecule has 0 atom stereocenters. The summed E-state index contributed by atoms with van der Waals surface area (Å²) in [7, 11) is 0. The van der Waals surface area contributed by atoms with Gasteiger partial charge in [-0.1, -0.05) is 13.8 Å². The van der Waals surface area contributed by atoms with Crippen LogP contribution in [0.2, 0.25) is 0 Å². The summed E-state index contributed by atoms with van der Waals surface area (Å²) in [5.74, 6) is 0. The maximum Gasteiger partial charge on any atom is 0.141 e. The van der Waals surface area contributed by atoms with E-state index < -0.39 is 0 Å². The first-order chi connectivity index (χ1) is 6.18. The van der Waals surface area contributed by atoms with E-state index in [0.29, 0.717) is 0 Å². The number of hydrogen-bond acceptors (Lipinski definition) is 3. The zero-order valence-corrected chi connectivity index (χ0v) is 8.06. The van der Waals surface area contributed by atoms with Crippen LogP contribution in [-0.2, 0) is 0 Å². The van der Waals surface area contributed by atoms with E-state index in [2.05, 4.69) is 29.1 Å². The second kappa shape index (κ2) is 2.94. The molecule has 1 aromatic heterocycles. The van der Waals surface area contributed by atoms with Gasteiger partial charge < -0.3 is 0 Å². The van der Waals surface area contributed by atoms with E-state index >= 15 is 0 Å². The summed E-state index contributed by atoms with van der Waals surface area (Å²) in [5, 5.41) is 11.9. The van der Waals surface area contributed by atoms with Gasteiger partial charge in [0.05, 0.1) is 0 Å². The molecular formula is C9H14N4. The smallest absolute Gasteiger partial charge is 0.141 e. The van der Waals surface area contributed by atoms with E-state index in [1.54, 1.807) is 17.3 Å². The lowest BCUT2D eigenvalue weighted by Crippen LogP contribution is -2.17. The lowest BCUT2D eigenvalue weighted by atomic mass is 9.90. The lowest BCUT2D eigenvalue weighted by Gasteiger charge is -2.17. The van der Waals surface area contributed by atoms with E-state index in [4.69, 9.17) is 0 Å². The molecule has 1 aliphatic carbocycles. The van der Waals surface area contributed by atoms with Crippen LogP contribution in [0.3, 0.4) is 0 Å². The Bertz CT molecular complexity index is 310. The van der Waals surface area contributed by atoms with E-state index in [-0.39, 0.29) is 5.41 Å². The highest BCUT2D eigenvalue weighted by atomic mass is 15.4. The minimum atomic E-state index is 0.254. The lowest BCUT2D eigenvalue weighted by molar-refractivity contribution is 0.508. The highest BCUT2D eigenvalue weighted by Crippen LogP contribution is 2.34. The number of rotatable bonds is 1. The molecule has 4 nitrogen and oxygen atoms in total. The Morgan fingerprint density at radius 1 is 1.38 bits per heavy atom. The molecular weight excluding hydrogens is 164 g/mol. The predicted octanol–water partition coefficient (Wildman–Crippen LogP) is 1.69. The van der Waals surface area contributed by atoms with Crippen molar-refractivity contribution in [3.8, 4) is 0 Å². The molecule has 0 bridgehead atoms. The van der Waals surface area contributed by atoms with Gasteiger partial charge in [-0.25, -0.2) is 4.68 Å². The molecule has 13 heavy (non-hydrogen) atoms. The summed E-state index contributed by atoms with van der Waals surface area (Å²) in [6, 6.07) is 0. The van der Waals surface area contributed by atoms with Crippen molar-refractivity contribution in [3.63, 3.8) is 0 Å². The highest BCUT2D eigenvalue weighted by molar-refractivity contribution is 5.91. The van der Waals surface area contributed by atoms with Gasteiger partial charge in [-0.15, -0.1) is 10.2 Å². The number of hydrogen-bond donors (Lipinski definition) is 0. The maximum absolute atomic E-state index is 4.48. The molecule has 0 aliphatic heterocycles. The first kappa shape index (κ1) is 8.41. The summed E-state index contributed by atoms with van der Waals surface area (Å²) < 4.78 is 1.68. The third-order valence-corrected chi connectivity index (χ3v) is 2.64. The van der Waals surface area contributed by atoms with Crippen LogP contribution in [0.25, 0.3) is 0 Å². The van der Waals surface area contributed by atoms with Crippen molar-refractivity contribution in [2.75, 3.05) is 0 Å². The molecule has 70 valence electrons. The second-order valence-corrected chi connectivity index (χ2v) is 4.13. The van der Waals surface area contributed by atoms with Crippen LogP contribution in [0.5, 0.6) is 0 Å². The third-order valence-electron chi connectivity index (χ3n) is 2.64. The Kier molecular flexibility index (Phi) is 1.90. The van der Waals surface area contributed by atoms with Gasteiger partial charge in [0.25, 0.3) is 0 Å². The molecule has 1 saturated carbocycles. The third kappa shape index (κ3) is 1.61. The van der Waals surface area contributed by atoms with Crippen LogP contribution in [0, 0.1) is 5.41 Å². The summed E-state index contributed by atoms with van der Waals surface area (Å²) >= 11 is 0. The van der Waals surface area contributed by atoms with Gasteiger partial charge in [-0.2, -0.15) is 5.10 Å². The van der Waals surface area contributed by atoms with Crippen molar-refractivity contribution in [1.82, 2.24) is 14.9 Å². The SMILES string of the molecule is CC1(C)CCC/C1=N/n1cnnc1. The quantitative estimate of drug-likeness (QED) is 0.656. The van der Waals surface area contributed by atoms with Gasteiger partial charge in [-0.3, -0.25) is 0 Å². The fourth-order valence-corrected chi connectivity index (χ4v) is 1.75. The number of aromatic nitrogens is 3. The second-order valence-electron chi connectivity index (χ2n) is 4.13. The molecule has 0 amide bonds. The molecule has 0 N–H and O–H groups in total. The molecule has 0 unspecified atom stereocenters. The fraction of sp³-hybridized carbons (Fsp3) is 0.667. The van der Waals surface area contributed by atoms with Gasteiger partial charge in [-0.05, 0) is 19.3 Å². The standard InChI is InChI=1S/C9H14N4/c1-9(2)5-3-4-8(9)12-13-6-10-11-7-13/h6-7H,3-5H2,1-2H3/b12-8-. The zero-order valence-electron chi connectivity index (χ0n) is 8.06. The Balaban J connectivity index is 2.26. The summed E-state index contributed by atoms with van der Waals surface area (Å²) in [6.07, 6.45) is 6.83. The van der Waals surface area contributed by atoms with Crippen LogP contribution >= 0.6 is 0 Å². The van der Waals surface area contributed by atoms with Crippen LogP contribution < -0.4 is 0 Å². The summed E-state index contributed by atoms with van der Waals surface area (Å²) in [6.45, 7) is 4.48. The Hall–Kier alpha value is -1.19. The Morgan fingerprint density at radius 3 is 2.62 bits per heavy atom. The minimum Gasteiger partial charge on any atom is -0.208 e. The highest BCUT2D eigenvalue weighted by Gasteiger charge is 2.30. The van der Waals surface area contributed by atoms with E-state index in [1.165, 1.54) is 18.6 Å². The first-order valence-electron chi connectivity index (χ1n) is 4.61. The topological polar surface area (TPSA) is 43.1 Å². The molecule has 0 spiro atoms. The molecule has 1 fully saturated rings. The summed E-state index contributed by atoms with van der Waals surface area (Å²) in [5.41, 5.74) is 1.51. The average Bonchev–Trinajstić information content (AvgIpc) is 2.63. The maximum atomic E-state index is 4.48. The molecule has 0 saturated heterocycles. The normalized spacial score (nSPS) is 24.0. The van der Waals surface area contributed by atoms with E-state index in [9.17, 15) is 0 Å². The minimum absolute atomic E-state index is 0.254. The van der Waals surface area contributed by atoms with Gasteiger partial charge in [0.15, 0.2) is 0 Å². The van der Waals surface area contributed by atoms with Crippen molar-refractivity contribution < 1.29 is 0 Å². The Morgan fingerprint density at radius 2 is 2.08 bits per heavy atom. The van der Waals surface area contributed by atoms with E-state index in [1.807, 2.05) is 0 Å². The molecule has 2 rings (SSSR count). The van der Waals surface area contributed by atoms with Crippen molar-refractivity contribution in [2.24, 2.45) is 10.5 Å². The fourth-order valence-electron chi connectivity index (χ4n) is 1.75. The molecule has 1 heterocycles. The molecule has 1 aliphatic rings. The van der Waals surface area contributed by atoms with Crippen LogP contribution in [0.1, 0.15) is 33.1 Å². The van der Waals surface area contributed by atoms with Crippen molar-refractivity contribution in [1.29, 1.82) is 0 Å². The van der Waals surface area contributed by atoms with Gasteiger partial charge >= 0.3 is 0 Å². The van der Waals surface area contributed by atoms with Crippen molar-refractivity contribution in [3.05, 3.63) is 12.7 Å².